The largest absolute Gasteiger partial charge is 0.338 e. The van der Waals surface area contributed by atoms with Gasteiger partial charge in [-0.3, -0.25) is 9.80 Å². The monoisotopic (exact) mass is 266 g/mol. The van der Waals surface area contributed by atoms with Crippen LogP contribution >= 0.6 is 0 Å². The van der Waals surface area contributed by atoms with Crippen molar-refractivity contribution in [1.29, 1.82) is 0 Å². The first-order valence-corrected chi connectivity index (χ1v) is 6.88. The van der Waals surface area contributed by atoms with Gasteiger partial charge in [-0.1, -0.05) is 30.3 Å². The maximum absolute atomic E-state index is 2.35. The lowest BCUT2D eigenvalue weighted by Gasteiger charge is -2.16. The summed E-state index contributed by atoms with van der Waals surface area (Å²) < 4.78 is 0. The van der Waals surface area contributed by atoms with Gasteiger partial charge < -0.3 is 5.32 Å². The molecule has 0 unspecified atom stereocenters. The van der Waals surface area contributed by atoms with Crippen LogP contribution in [0.1, 0.15) is 26.3 Å². The fourth-order valence-electron chi connectivity index (χ4n) is 1.60. The Hall–Kier alpha value is -0.900. The summed E-state index contributed by atoms with van der Waals surface area (Å²) in [4.78, 5) is 4.25. The Morgan fingerprint density at radius 3 is 1.68 bits per heavy atom. The summed E-state index contributed by atoms with van der Waals surface area (Å²) in [6.07, 6.45) is 0. The normalized spacial score (nSPS) is 11.4. The highest BCUT2D eigenvalue weighted by Gasteiger charge is 2.11. The van der Waals surface area contributed by atoms with E-state index < -0.39 is 0 Å². The van der Waals surface area contributed by atoms with Crippen LogP contribution < -0.4 is 5.32 Å². The molecule has 1 aromatic rings. The Labute approximate surface area is 119 Å². The first-order chi connectivity index (χ1) is 8.70. The van der Waals surface area contributed by atoms with Crippen LogP contribution in [-0.2, 0) is 6.54 Å². The molecule has 0 saturated heterocycles. The van der Waals surface area contributed by atoms with E-state index >= 15 is 0 Å². The summed E-state index contributed by atoms with van der Waals surface area (Å²) >= 11 is 0. The zero-order valence-corrected chi connectivity index (χ0v) is 13.8. The van der Waals surface area contributed by atoms with E-state index in [1.807, 2.05) is 0 Å². The molecular weight excluding hydrogens is 234 g/mol. The van der Waals surface area contributed by atoms with Crippen molar-refractivity contribution in [1.82, 2.24) is 9.80 Å². The molecule has 0 saturated carbocycles. The van der Waals surface area contributed by atoms with Gasteiger partial charge in [0, 0.05) is 12.2 Å². The van der Waals surface area contributed by atoms with Gasteiger partial charge in [-0.25, -0.2) is 0 Å². The van der Waals surface area contributed by atoms with E-state index in [1.54, 1.807) is 0 Å². The van der Waals surface area contributed by atoms with E-state index in [1.165, 1.54) is 5.56 Å². The quantitative estimate of drug-likeness (QED) is 0.837. The van der Waals surface area contributed by atoms with Gasteiger partial charge in [-0.15, -0.1) is 0 Å². The molecule has 19 heavy (non-hydrogen) atoms. The maximum Gasteiger partial charge on any atom is 0.102 e. The van der Waals surface area contributed by atoms with Crippen LogP contribution in [0.3, 0.4) is 0 Å². The lowest BCUT2D eigenvalue weighted by Crippen LogP contribution is -2.92. The molecule has 0 radical (unpaired) electrons. The number of nitrogens with two attached hydrogens (primary N) is 1. The Balaban J connectivity index is 0.000000399. The van der Waals surface area contributed by atoms with Crippen LogP contribution in [0.25, 0.3) is 0 Å². The third-order valence-electron chi connectivity index (χ3n) is 2.36. The lowest BCUT2D eigenvalue weighted by molar-refractivity contribution is -0.731. The van der Waals surface area contributed by atoms with E-state index in [0.717, 1.165) is 13.2 Å². The second-order valence-electron chi connectivity index (χ2n) is 6.56. The van der Waals surface area contributed by atoms with E-state index in [0.29, 0.717) is 5.54 Å². The summed E-state index contributed by atoms with van der Waals surface area (Å²) in [5.74, 6) is 0. The van der Waals surface area contributed by atoms with Crippen molar-refractivity contribution in [2.24, 2.45) is 0 Å². The molecular formula is C16H32N3+. The minimum absolute atomic E-state index is 0.329. The van der Waals surface area contributed by atoms with Crippen LogP contribution in [0.5, 0.6) is 0 Å². The zero-order valence-electron chi connectivity index (χ0n) is 13.8. The van der Waals surface area contributed by atoms with Gasteiger partial charge in [0.2, 0.25) is 0 Å². The van der Waals surface area contributed by atoms with E-state index in [4.69, 9.17) is 0 Å². The van der Waals surface area contributed by atoms with Crippen molar-refractivity contribution >= 4 is 0 Å². The molecule has 0 bridgehead atoms. The number of quaternary nitrogens is 1. The van der Waals surface area contributed by atoms with Crippen LogP contribution in [0.4, 0.5) is 0 Å². The predicted molar refractivity (Wildman–Crippen MR) is 84.1 cm³/mol. The number of rotatable bonds is 4. The van der Waals surface area contributed by atoms with Gasteiger partial charge in [0.25, 0.3) is 0 Å². The second kappa shape index (κ2) is 9.08. The molecule has 0 fully saturated rings. The molecule has 0 aliphatic rings. The highest BCUT2D eigenvalue weighted by atomic mass is 15.2. The SMILES string of the molecule is CC(C)(C)[NH2+]Cc1ccccc1.CN(C)CN(C)C. The van der Waals surface area contributed by atoms with Crippen molar-refractivity contribution < 1.29 is 5.32 Å². The van der Waals surface area contributed by atoms with Crippen LogP contribution in [-0.4, -0.2) is 50.2 Å². The molecule has 110 valence electrons. The molecule has 3 heteroatoms. The molecule has 0 aliphatic heterocycles. The number of hydrogen-bond acceptors (Lipinski definition) is 2. The minimum atomic E-state index is 0.329. The van der Waals surface area contributed by atoms with Crippen molar-refractivity contribution in [2.45, 2.75) is 32.9 Å². The molecule has 0 spiro atoms. The summed E-state index contributed by atoms with van der Waals surface area (Å²) in [7, 11) is 8.22. The number of hydrogen-bond donors (Lipinski definition) is 1. The standard InChI is InChI=1S/C11H17N.C5H14N2/c1-11(2,3)12-9-10-7-5-4-6-8-10;1-6(2)5-7(3)4/h4-8,12H,9H2,1-3H3;5H2,1-4H3/p+1. The third kappa shape index (κ3) is 13.3. The zero-order chi connectivity index (χ0) is 14.9. The fourth-order valence-corrected chi connectivity index (χ4v) is 1.60. The van der Waals surface area contributed by atoms with Gasteiger partial charge in [0.05, 0.1) is 5.54 Å². The lowest BCUT2D eigenvalue weighted by atomic mass is 10.1. The Morgan fingerprint density at radius 2 is 1.37 bits per heavy atom. The van der Waals surface area contributed by atoms with Gasteiger partial charge in [-0.2, -0.15) is 0 Å². The first kappa shape index (κ1) is 18.1. The van der Waals surface area contributed by atoms with E-state index in [2.05, 4.69) is 94.4 Å². The van der Waals surface area contributed by atoms with Crippen molar-refractivity contribution in [3.63, 3.8) is 0 Å². The Bertz CT molecular complexity index is 307. The summed E-state index contributed by atoms with van der Waals surface area (Å²) in [6, 6.07) is 10.6. The molecule has 0 amide bonds. The van der Waals surface area contributed by atoms with Crippen LogP contribution in [0.15, 0.2) is 30.3 Å². The van der Waals surface area contributed by atoms with Crippen LogP contribution in [0.2, 0.25) is 0 Å². The summed E-state index contributed by atoms with van der Waals surface area (Å²) in [6.45, 7) is 8.80. The van der Waals surface area contributed by atoms with Crippen molar-refractivity contribution in [3.05, 3.63) is 35.9 Å². The van der Waals surface area contributed by atoms with Gasteiger partial charge >= 0.3 is 0 Å². The van der Waals surface area contributed by atoms with Crippen LogP contribution in [0, 0.1) is 0 Å². The van der Waals surface area contributed by atoms with Crippen molar-refractivity contribution in [2.75, 3.05) is 34.9 Å². The molecule has 1 rings (SSSR count). The predicted octanol–water partition coefficient (Wildman–Crippen LogP) is 1.62. The average Bonchev–Trinajstić information content (AvgIpc) is 2.26. The summed E-state index contributed by atoms with van der Waals surface area (Å²) in [5, 5.41) is 2.35. The smallest absolute Gasteiger partial charge is 0.102 e. The number of nitrogens with zero attached hydrogens (tertiary/aromatic N) is 2. The second-order valence-corrected chi connectivity index (χ2v) is 6.56. The van der Waals surface area contributed by atoms with Gasteiger partial charge in [0.15, 0.2) is 0 Å². The maximum atomic E-state index is 2.35. The summed E-state index contributed by atoms with van der Waals surface area (Å²) in [5.41, 5.74) is 1.72. The average molecular weight is 266 g/mol. The fraction of sp³-hybridized carbons (Fsp3) is 0.625. The minimum Gasteiger partial charge on any atom is -0.338 e. The highest BCUT2D eigenvalue weighted by molar-refractivity contribution is 5.12. The molecule has 1 aromatic carbocycles. The van der Waals surface area contributed by atoms with E-state index in [-0.39, 0.29) is 0 Å². The molecule has 0 aromatic heterocycles. The third-order valence-corrected chi connectivity index (χ3v) is 2.36. The molecule has 2 N–H and O–H groups in total. The topological polar surface area (TPSA) is 23.1 Å². The number of benzene rings is 1. The first-order valence-electron chi connectivity index (χ1n) is 6.88. The highest BCUT2D eigenvalue weighted by Crippen LogP contribution is 1.96. The van der Waals surface area contributed by atoms with Crippen molar-refractivity contribution in [3.8, 4) is 0 Å². The molecule has 0 heterocycles. The van der Waals surface area contributed by atoms with Gasteiger partial charge in [-0.05, 0) is 49.0 Å². The van der Waals surface area contributed by atoms with Gasteiger partial charge in [0.1, 0.15) is 6.54 Å². The molecule has 3 nitrogen and oxygen atoms in total. The molecule has 0 aliphatic carbocycles. The molecule has 0 atom stereocenters. The Kier molecular flexibility index (Phi) is 8.65. The Morgan fingerprint density at radius 1 is 0.895 bits per heavy atom. The van der Waals surface area contributed by atoms with E-state index in [9.17, 15) is 0 Å².